The van der Waals surface area contributed by atoms with Gasteiger partial charge < -0.3 is 5.32 Å². The van der Waals surface area contributed by atoms with Gasteiger partial charge in [-0.25, -0.2) is 8.42 Å². The van der Waals surface area contributed by atoms with E-state index in [1.54, 1.807) is 36.5 Å². The summed E-state index contributed by atoms with van der Waals surface area (Å²) in [7, 11) is -3.37. The van der Waals surface area contributed by atoms with E-state index in [0.717, 1.165) is 6.26 Å². The van der Waals surface area contributed by atoms with Crippen molar-refractivity contribution in [1.29, 1.82) is 0 Å². The molecule has 2 aromatic rings. The number of nitrogens with zero attached hydrogens (tertiary/aromatic N) is 2. The van der Waals surface area contributed by atoms with E-state index in [4.69, 9.17) is 0 Å². The van der Waals surface area contributed by atoms with Gasteiger partial charge in [-0.2, -0.15) is 4.31 Å². The number of pyridine rings is 1. The standard InChI is InChI=1S/C14H17N3O3S2/c1-22(19,20)17(11-12-5-2-3-7-15-12)9-8-16-14(18)13-6-4-10-21-13/h2-7,10H,8-9,11H2,1H3,(H,16,18). The summed E-state index contributed by atoms with van der Waals surface area (Å²) in [5, 5.41) is 4.54. The van der Waals surface area contributed by atoms with E-state index in [2.05, 4.69) is 10.3 Å². The highest BCUT2D eigenvalue weighted by molar-refractivity contribution is 7.88. The number of aromatic nitrogens is 1. The molecule has 0 fully saturated rings. The Bertz CT molecular complexity index is 700. The maximum absolute atomic E-state index is 11.8. The van der Waals surface area contributed by atoms with Gasteiger partial charge in [0.2, 0.25) is 10.0 Å². The molecule has 1 N–H and O–H groups in total. The molecule has 2 rings (SSSR count). The van der Waals surface area contributed by atoms with Gasteiger partial charge in [-0.05, 0) is 23.6 Å². The average molecular weight is 339 g/mol. The normalized spacial score (nSPS) is 11.5. The third-order valence-electron chi connectivity index (χ3n) is 2.93. The molecule has 0 spiro atoms. The first kappa shape index (κ1) is 16.6. The second kappa shape index (κ2) is 7.48. The second-order valence-electron chi connectivity index (χ2n) is 4.65. The van der Waals surface area contributed by atoms with Crippen LogP contribution in [0.25, 0.3) is 0 Å². The largest absolute Gasteiger partial charge is 0.350 e. The van der Waals surface area contributed by atoms with Gasteiger partial charge in [0.15, 0.2) is 0 Å². The van der Waals surface area contributed by atoms with E-state index >= 15 is 0 Å². The van der Waals surface area contributed by atoms with Crippen molar-refractivity contribution in [2.75, 3.05) is 19.3 Å². The highest BCUT2D eigenvalue weighted by Crippen LogP contribution is 2.08. The zero-order valence-electron chi connectivity index (χ0n) is 12.1. The predicted molar refractivity (Wildman–Crippen MR) is 86.1 cm³/mol. The van der Waals surface area contributed by atoms with Crippen molar-refractivity contribution < 1.29 is 13.2 Å². The Morgan fingerprint density at radius 2 is 2.14 bits per heavy atom. The van der Waals surface area contributed by atoms with E-state index in [0.29, 0.717) is 10.6 Å². The molecule has 0 bridgehead atoms. The van der Waals surface area contributed by atoms with Crippen LogP contribution in [0, 0.1) is 0 Å². The lowest BCUT2D eigenvalue weighted by molar-refractivity contribution is 0.0955. The second-order valence-corrected chi connectivity index (χ2v) is 7.58. The molecular weight excluding hydrogens is 322 g/mol. The molecule has 2 aromatic heterocycles. The van der Waals surface area contributed by atoms with Crippen molar-refractivity contribution in [2.45, 2.75) is 6.54 Å². The molecule has 0 aromatic carbocycles. The molecule has 0 aliphatic carbocycles. The van der Waals surface area contributed by atoms with Crippen molar-refractivity contribution in [2.24, 2.45) is 0 Å². The van der Waals surface area contributed by atoms with Crippen molar-refractivity contribution in [3.8, 4) is 0 Å². The van der Waals surface area contributed by atoms with Crippen LogP contribution in [0.1, 0.15) is 15.4 Å². The molecule has 1 amide bonds. The molecule has 0 saturated heterocycles. The van der Waals surface area contributed by atoms with Crippen LogP contribution in [-0.4, -0.2) is 43.0 Å². The minimum Gasteiger partial charge on any atom is -0.350 e. The molecule has 0 radical (unpaired) electrons. The first-order chi connectivity index (χ1) is 10.5. The predicted octanol–water partition coefficient (Wildman–Crippen LogP) is 1.33. The van der Waals surface area contributed by atoms with Gasteiger partial charge >= 0.3 is 0 Å². The van der Waals surface area contributed by atoms with Crippen LogP contribution in [0.4, 0.5) is 0 Å². The van der Waals surface area contributed by atoms with E-state index in [1.807, 2.05) is 5.38 Å². The topological polar surface area (TPSA) is 79.4 Å². The van der Waals surface area contributed by atoms with Crippen LogP contribution in [0.5, 0.6) is 0 Å². The average Bonchev–Trinajstić information content (AvgIpc) is 3.00. The van der Waals surface area contributed by atoms with E-state index in [1.165, 1.54) is 15.6 Å². The quantitative estimate of drug-likeness (QED) is 0.825. The molecule has 0 atom stereocenters. The molecule has 6 nitrogen and oxygen atoms in total. The van der Waals surface area contributed by atoms with E-state index < -0.39 is 10.0 Å². The first-order valence-corrected chi connectivity index (χ1v) is 9.36. The minimum absolute atomic E-state index is 0.189. The molecule has 0 aliphatic rings. The highest BCUT2D eigenvalue weighted by atomic mass is 32.2. The van der Waals surface area contributed by atoms with Crippen LogP contribution in [0.2, 0.25) is 0 Å². The zero-order chi connectivity index (χ0) is 16.0. The number of carbonyl (C=O) groups is 1. The van der Waals surface area contributed by atoms with Gasteiger partial charge in [-0.15, -0.1) is 11.3 Å². The molecule has 0 saturated carbocycles. The summed E-state index contributed by atoms with van der Waals surface area (Å²) in [5.74, 6) is -0.193. The van der Waals surface area contributed by atoms with Crippen molar-refractivity contribution in [3.05, 3.63) is 52.5 Å². The van der Waals surface area contributed by atoms with Gasteiger partial charge in [0.25, 0.3) is 5.91 Å². The molecule has 0 unspecified atom stereocenters. The summed E-state index contributed by atoms with van der Waals surface area (Å²) in [5.41, 5.74) is 0.664. The number of carbonyl (C=O) groups excluding carboxylic acids is 1. The van der Waals surface area contributed by atoms with Gasteiger partial charge in [-0.3, -0.25) is 9.78 Å². The number of amides is 1. The Labute approximate surface area is 133 Å². The lowest BCUT2D eigenvalue weighted by Gasteiger charge is -2.19. The van der Waals surface area contributed by atoms with Crippen LogP contribution in [-0.2, 0) is 16.6 Å². The van der Waals surface area contributed by atoms with E-state index in [-0.39, 0.29) is 25.5 Å². The molecule has 22 heavy (non-hydrogen) atoms. The van der Waals surface area contributed by atoms with Crippen molar-refractivity contribution in [3.63, 3.8) is 0 Å². The number of thiophene rings is 1. The fourth-order valence-corrected chi connectivity index (χ4v) is 3.25. The van der Waals surface area contributed by atoms with Crippen molar-refractivity contribution >= 4 is 27.3 Å². The Morgan fingerprint density at radius 1 is 1.32 bits per heavy atom. The van der Waals surface area contributed by atoms with Gasteiger partial charge in [0, 0.05) is 19.3 Å². The highest BCUT2D eigenvalue weighted by Gasteiger charge is 2.17. The number of rotatable bonds is 7. The number of hydrogen-bond acceptors (Lipinski definition) is 5. The lowest BCUT2D eigenvalue weighted by Crippen LogP contribution is -2.37. The van der Waals surface area contributed by atoms with Gasteiger partial charge in [-0.1, -0.05) is 12.1 Å². The Balaban J connectivity index is 1.92. The minimum atomic E-state index is -3.37. The summed E-state index contributed by atoms with van der Waals surface area (Å²) in [6.07, 6.45) is 2.77. The monoisotopic (exact) mass is 339 g/mol. The molecular formula is C14H17N3O3S2. The fraction of sp³-hybridized carbons (Fsp3) is 0.286. The van der Waals surface area contributed by atoms with Gasteiger partial charge in [0.05, 0.1) is 23.4 Å². The third kappa shape index (κ3) is 4.90. The summed E-state index contributed by atoms with van der Waals surface area (Å²) in [6, 6.07) is 8.87. The third-order valence-corrected chi connectivity index (χ3v) is 5.04. The van der Waals surface area contributed by atoms with E-state index in [9.17, 15) is 13.2 Å². The smallest absolute Gasteiger partial charge is 0.261 e. The summed E-state index contributed by atoms with van der Waals surface area (Å²) in [4.78, 5) is 16.5. The Hall–Kier alpha value is -1.77. The summed E-state index contributed by atoms with van der Waals surface area (Å²) in [6.45, 7) is 0.637. The fourth-order valence-electron chi connectivity index (χ4n) is 1.82. The summed E-state index contributed by atoms with van der Waals surface area (Å²) < 4.78 is 25.0. The lowest BCUT2D eigenvalue weighted by atomic mass is 10.3. The number of nitrogens with one attached hydrogen (secondary N) is 1. The summed E-state index contributed by atoms with van der Waals surface area (Å²) >= 11 is 1.34. The maximum atomic E-state index is 11.8. The first-order valence-electron chi connectivity index (χ1n) is 6.63. The zero-order valence-corrected chi connectivity index (χ0v) is 13.7. The van der Waals surface area contributed by atoms with Crippen LogP contribution < -0.4 is 5.32 Å². The number of hydrogen-bond donors (Lipinski definition) is 1. The van der Waals surface area contributed by atoms with Crippen LogP contribution in [0.15, 0.2) is 41.9 Å². The maximum Gasteiger partial charge on any atom is 0.261 e. The SMILES string of the molecule is CS(=O)(=O)N(CCNC(=O)c1cccs1)Cc1ccccn1. The molecule has 8 heteroatoms. The molecule has 118 valence electrons. The van der Waals surface area contributed by atoms with Crippen LogP contribution in [0.3, 0.4) is 0 Å². The van der Waals surface area contributed by atoms with Crippen molar-refractivity contribution in [1.82, 2.24) is 14.6 Å². The van der Waals surface area contributed by atoms with Crippen LogP contribution >= 0.6 is 11.3 Å². The Morgan fingerprint density at radius 3 is 2.73 bits per heavy atom. The Kier molecular flexibility index (Phi) is 5.64. The van der Waals surface area contributed by atoms with Gasteiger partial charge in [0.1, 0.15) is 0 Å². The molecule has 2 heterocycles. The number of sulfonamides is 1. The molecule has 0 aliphatic heterocycles.